The molecule has 7 heteroatoms. The number of nitrogens with zero attached hydrogens (tertiary/aromatic N) is 3. The molecular formula is C32H41N5O2. The number of carbonyl (C=O) groups excluding carboxylic acids is 1. The zero-order valence-corrected chi connectivity index (χ0v) is 23.7. The van der Waals surface area contributed by atoms with E-state index in [1.807, 2.05) is 51.4 Å². The molecular weight excluding hydrogens is 486 g/mol. The number of amides is 1. The number of hydrogen-bond donors (Lipinski definition) is 2. The van der Waals surface area contributed by atoms with Crippen LogP contribution in [0.15, 0.2) is 42.5 Å². The van der Waals surface area contributed by atoms with Gasteiger partial charge in [0.15, 0.2) is 0 Å². The fourth-order valence-corrected chi connectivity index (χ4v) is 6.03. The molecule has 0 saturated heterocycles. The molecule has 0 unspecified atom stereocenters. The molecule has 2 aromatic carbocycles. The average molecular weight is 528 g/mol. The van der Waals surface area contributed by atoms with Crippen molar-refractivity contribution in [2.24, 2.45) is 11.8 Å². The van der Waals surface area contributed by atoms with Crippen LogP contribution in [0, 0.1) is 18.8 Å². The highest BCUT2D eigenvalue weighted by atomic mass is 16.5. The molecule has 206 valence electrons. The van der Waals surface area contributed by atoms with Crippen LogP contribution >= 0.6 is 0 Å². The third kappa shape index (κ3) is 6.35. The largest absolute Gasteiger partial charge is 0.497 e. The minimum Gasteiger partial charge on any atom is -0.497 e. The van der Waals surface area contributed by atoms with Crippen LogP contribution in [0.3, 0.4) is 0 Å². The maximum absolute atomic E-state index is 12.8. The van der Waals surface area contributed by atoms with Crippen LogP contribution in [0.2, 0.25) is 0 Å². The van der Waals surface area contributed by atoms with Crippen molar-refractivity contribution in [1.29, 1.82) is 0 Å². The second-order valence-electron chi connectivity index (χ2n) is 11.3. The molecule has 7 nitrogen and oxygen atoms in total. The smallest absolute Gasteiger partial charge is 0.224 e. The van der Waals surface area contributed by atoms with E-state index in [1.54, 1.807) is 7.11 Å². The molecule has 2 heterocycles. The molecule has 5 rings (SSSR count). The van der Waals surface area contributed by atoms with Crippen molar-refractivity contribution < 1.29 is 9.53 Å². The van der Waals surface area contributed by atoms with Gasteiger partial charge in [0.25, 0.3) is 0 Å². The summed E-state index contributed by atoms with van der Waals surface area (Å²) < 4.78 is 5.38. The lowest BCUT2D eigenvalue weighted by Gasteiger charge is -2.28. The first-order valence-corrected chi connectivity index (χ1v) is 14.3. The number of aryl methyl sites for hydroxylation is 2. The van der Waals surface area contributed by atoms with Crippen molar-refractivity contribution in [3.8, 4) is 5.75 Å². The van der Waals surface area contributed by atoms with Crippen LogP contribution in [0.1, 0.15) is 55.6 Å². The average Bonchev–Trinajstić information content (AvgIpc) is 3.25. The number of anilines is 1. The van der Waals surface area contributed by atoms with Gasteiger partial charge in [-0.15, -0.1) is 0 Å². The molecule has 2 aromatic heterocycles. The Kier molecular flexibility index (Phi) is 8.34. The number of fused-ring (bicyclic) bond motifs is 2. The molecule has 1 aliphatic rings. The van der Waals surface area contributed by atoms with E-state index in [9.17, 15) is 4.79 Å². The first kappa shape index (κ1) is 27.0. The topological polar surface area (TPSA) is 83.1 Å². The van der Waals surface area contributed by atoms with Crippen molar-refractivity contribution in [2.45, 2.75) is 58.3 Å². The van der Waals surface area contributed by atoms with Gasteiger partial charge in [-0.2, -0.15) is 0 Å². The van der Waals surface area contributed by atoms with Crippen LogP contribution in [0.4, 0.5) is 5.82 Å². The maximum atomic E-state index is 12.8. The number of hydrogen-bond acceptors (Lipinski definition) is 5. The number of carbonyl (C=O) groups is 1. The molecule has 2 N–H and O–H groups in total. The lowest BCUT2D eigenvalue weighted by Crippen LogP contribution is -2.32. The van der Waals surface area contributed by atoms with Gasteiger partial charge in [0, 0.05) is 49.0 Å². The van der Waals surface area contributed by atoms with E-state index in [0.29, 0.717) is 12.3 Å². The van der Waals surface area contributed by atoms with Gasteiger partial charge in [-0.05, 0) is 73.9 Å². The Morgan fingerprint density at radius 1 is 1.05 bits per heavy atom. The van der Waals surface area contributed by atoms with Gasteiger partial charge >= 0.3 is 0 Å². The van der Waals surface area contributed by atoms with Gasteiger partial charge in [0.1, 0.15) is 17.4 Å². The van der Waals surface area contributed by atoms with Crippen LogP contribution in [0.25, 0.3) is 21.8 Å². The summed E-state index contributed by atoms with van der Waals surface area (Å²) in [5.74, 6) is 4.17. The third-order valence-corrected chi connectivity index (χ3v) is 8.28. The highest BCUT2D eigenvalue weighted by Gasteiger charge is 2.22. The molecule has 1 amide bonds. The molecule has 0 spiro atoms. The molecule has 1 saturated carbocycles. The Morgan fingerprint density at radius 3 is 2.59 bits per heavy atom. The fourth-order valence-electron chi connectivity index (χ4n) is 6.03. The molecule has 39 heavy (non-hydrogen) atoms. The second-order valence-corrected chi connectivity index (χ2v) is 11.3. The molecule has 4 aromatic rings. The Balaban J connectivity index is 1.06. The summed E-state index contributed by atoms with van der Waals surface area (Å²) in [5, 5.41) is 5.38. The summed E-state index contributed by atoms with van der Waals surface area (Å²) in [6.45, 7) is 2.80. The van der Waals surface area contributed by atoms with E-state index in [4.69, 9.17) is 14.7 Å². The van der Waals surface area contributed by atoms with Crippen molar-refractivity contribution in [1.82, 2.24) is 20.3 Å². The lowest BCUT2D eigenvalue weighted by atomic mass is 9.80. The highest BCUT2D eigenvalue weighted by molar-refractivity contribution is 5.91. The van der Waals surface area contributed by atoms with Crippen LogP contribution in [-0.4, -0.2) is 48.6 Å². The monoisotopic (exact) mass is 527 g/mol. The van der Waals surface area contributed by atoms with Gasteiger partial charge in [-0.25, -0.2) is 9.97 Å². The Morgan fingerprint density at radius 2 is 1.82 bits per heavy atom. The predicted octanol–water partition coefficient (Wildman–Crippen LogP) is 5.98. The van der Waals surface area contributed by atoms with E-state index in [2.05, 4.69) is 27.3 Å². The number of H-pyrrole nitrogens is 1. The maximum Gasteiger partial charge on any atom is 0.224 e. The van der Waals surface area contributed by atoms with Crippen LogP contribution in [0.5, 0.6) is 5.75 Å². The van der Waals surface area contributed by atoms with Gasteiger partial charge in [-0.3, -0.25) is 4.79 Å². The quantitative estimate of drug-likeness (QED) is 0.265. The number of rotatable bonds is 10. The van der Waals surface area contributed by atoms with Gasteiger partial charge < -0.3 is 19.9 Å². The number of ether oxygens (including phenoxy) is 1. The highest BCUT2D eigenvalue weighted by Crippen LogP contribution is 2.32. The summed E-state index contributed by atoms with van der Waals surface area (Å²) in [6.07, 6.45) is 8.49. The van der Waals surface area contributed by atoms with Crippen molar-refractivity contribution in [2.75, 3.05) is 32.6 Å². The van der Waals surface area contributed by atoms with Gasteiger partial charge in [0.2, 0.25) is 5.91 Å². The van der Waals surface area contributed by atoms with Crippen molar-refractivity contribution >= 4 is 33.5 Å². The minimum absolute atomic E-state index is 0.0939. The number of methoxy groups -OCH3 is 1. The van der Waals surface area contributed by atoms with Crippen LogP contribution in [-0.2, 0) is 17.6 Å². The Labute approximate surface area is 231 Å². The van der Waals surface area contributed by atoms with Crippen molar-refractivity contribution in [3.05, 3.63) is 59.5 Å². The van der Waals surface area contributed by atoms with E-state index in [0.717, 1.165) is 75.8 Å². The predicted molar refractivity (Wildman–Crippen MR) is 159 cm³/mol. The second kappa shape index (κ2) is 12.1. The fraction of sp³-hybridized carbons (Fsp3) is 0.469. The molecule has 0 bridgehead atoms. The molecule has 0 aliphatic heterocycles. The lowest BCUT2D eigenvalue weighted by molar-refractivity contribution is -0.120. The SMILES string of the molecule is COc1ccc2[nH]c(C)c(CC(=O)NCC3CCC(CCCc4nc(N(C)C)c5ccccc5n4)CC3)c2c1. The number of para-hydroxylation sites is 1. The Bertz CT molecular complexity index is 1440. The summed E-state index contributed by atoms with van der Waals surface area (Å²) >= 11 is 0. The van der Waals surface area contributed by atoms with Gasteiger partial charge in [-0.1, -0.05) is 31.4 Å². The normalized spacial score (nSPS) is 17.4. The Hall–Kier alpha value is -3.61. The van der Waals surface area contributed by atoms with Gasteiger partial charge in [0.05, 0.1) is 19.0 Å². The summed E-state index contributed by atoms with van der Waals surface area (Å²) in [7, 11) is 5.75. The molecule has 1 fully saturated rings. The number of aromatic amines is 1. The minimum atomic E-state index is 0.0939. The molecule has 0 atom stereocenters. The van der Waals surface area contributed by atoms with Crippen molar-refractivity contribution in [3.63, 3.8) is 0 Å². The zero-order chi connectivity index (χ0) is 27.4. The summed E-state index contributed by atoms with van der Waals surface area (Å²) in [6, 6.07) is 14.2. The van der Waals surface area contributed by atoms with E-state index >= 15 is 0 Å². The zero-order valence-electron chi connectivity index (χ0n) is 23.7. The third-order valence-electron chi connectivity index (χ3n) is 8.28. The number of aromatic nitrogens is 3. The van der Waals surface area contributed by atoms with E-state index < -0.39 is 0 Å². The first-order chi connectivity index (χ1) is 18.9. The standard InChI is InChI=1S/C32H41N5O2/c1-21-26(27-18-24(39-4)16-17-29(27)34-21)19-31(38)33-20-23-14-12-22(13-15-23)8-7-11-30-35-28-10-6-5-9-25(28)32(36-30)37(2)3/h5-6,9-10,16-18,22-23,34H,7-8,11-15,19-20H2,1-4H3,(H,33,38). The number of nitrogens with one attached hydrogen (secondary N) is 2. The first-order valence-electron chi connectivity index (χ1n) is 14.3. The van der Waals surface area contributed by atoms with E-state index in [-0.39, 0.29) is 5.91 Å². The molecule has 0 radical (unpaired) electrons. The molecule has 1 aliphatic carbocycles. The summed E-state index contributed by atoms with van der Waals surface area (Å²) in [4.78, 5) is 28.0. The van der Waals surface area contributed by atoms with Crippen LogP contribution < -0.4 is 15.0 Å². The van der Waals surface area contributed by atoms with E-state index in [1.165, 1.54) is 32.1 Å². The summed E-state index contributed by atoms with van der Waals surface area (Å²) in [5.41, 5.74) is 4.16. The number of benzene rings is 2.